The molecule has 0 aromatic heterocycles. The third kappa shape index (κ3) is 2.89. The molecule has 1 fully saturated rings. The largest absolute Gasteiger partial charge is 0.313 e. The highest BCUT2D eigenvalue weighted by Gasteiger charge is 2.50. The Morgan fingerprint density at radius 3 is 2.29 bits per heavy atom. The normalized spacial score (nSPS) is 17.4. The van der Waals surface area contributed by atoms with Crippen molar-refractivity contribution >= 4 is 0 Å². The van der Waals surface area contributed by atoms with E-state index in [-0.39, 0.29) is 0 Å². The van der Waals surface area contributed by atoms with E-state index >= 15 is 0 Å². The average Bonchev–Trinajstić information content (AvgIpc) is 3.32. The second-order valence-electron chi connectivity index (χ2n) is 6.26. The van der Waals surface area contributed by atoms with Crippen molar-refractivity contribution in [1.29, 1.82) is 0 Å². The van der Waals surface area contributed by atoms with Gasteiger partial charge >= 0.3 is 0 Å². The molecule has 1 N–H and O–H groups in total. The maximum absolute atomic E-state index is 3.76. The Morgan fingerprint density at radius 2 is 1.67 bits per heavy atom. The lowest BCUT2D eigenvalue weighted by Gasteiger charge is -2.29. The van der Waals surface area contributed by atoms with Gasteiger partial charge in [-0.25, -0.2) is 0 Å². The van der Waals surface area contributed by atoms with Crippen molar-refractivity contribution < 1.29 is 0 Å². The van der Waals surface area contributed by atoms with Crippen LogP contribution in [-0.4, -0.2) is 12.6 Å². The first-order valence-corrected chi connectivity index (χ1v) is 8.09. The van der Waals surface area contributed by atoms with Gasteiger partial charge in [-0.15, -0.1) is 0 Å². The van der Waals surface area contributed by atoms with Gasteiger partial charge in [-0.3, -0.25) is 0 Å². The monoisotopic (exact) mass is 279 g/mol. The molecule has 1 nitrogen and oxygen atoms in total. The van der Waals surface area contributed by atoms with E-state index in [4.69, 9.17) is 0 Å². The molecule has 1 aliphatic rings. The predicted molar refractivity (Wildman–Crippen MR) is 89.7 cm³/mol. The first-order chi connectivity index (χ1) is 10.3. The fourth-order valence-electron chi connectivity index (χ4n) is 3.51. The van der Waals surface area contributed by atoms with E-state index in [9.17, 15) is 0 Å². The lowest BCUT2D eigenvalue weighted by molar-refractivity contribution is 0.421. The minimum absolute atomic E-state index is 0.347. The SMILES string of the molecule is CCNC(Cc1ccccc1C)C1(c2ccccc2)CC1. The molecule has 1 saturated carbocycles. The number of hydrogen-bond acceptors (Lipinski definition) is 1. The second kappa shape index (κ2) is 6.03. The minimum atomic E-state index is 0.347. The molecule has 1 atom stereocenters. The highest BCUT2D eigenvalue weighted by atomic mass is 14.9. The van der Waals surface area contributed by atoms with E-state index in [0.29, 0.717) is 11.5 Å². The van der Waals surface area contributed by atoms with Gasteiger partial charge in [0, 0.05) is 11.5 Å². The summed E-state index contributed by atoms with van der Waals surface area (Å²) in [7, 11) is 0. The lowest BCUT2D eigenvalue weighted by Crippen LogP contribution is -2.41. The Bertz CT molecular complexity index is 584. The fourth-order valence-corrected chi connectivity index (χ4v) is 3.51. The molecule has 0 heterocycles. The highest BCUT2D eigenvalue weighted by molar-refractivity contribution is 5.36. The van der Waals surface area contributed by atoms with Crippen LogP contribution in [0.4, 0.5) is 0 Å². The van der Waals surface area contributed by atoms with E-state index in [0.717, 1.165) is 13.0 Å². The first kappa shape index (κ1) is 14.3. The highest BCUT2D eigenvalue weighted by Crippen LogP contribution is 2.51. The molecule has 0 radical (unpaired) electrons. The Balaban J connectivity index is 1.87. The fraction of sp³-hybridized carbons (Fsp3) is 0.400. The van der Waals surface area contributed by atoms with Crippen molar-refractivity contribution in [3.05, 3.63) is 71.3 Å². The summed E-state index contributed by atoms with van der Waals surface area (Å²) in [6.45, 7) is 5.47. The van der Waals surface area contributed by atoms with E-state index in [1.165, 1.54) is 29.5 Å². The van der Waals surface area contributed by atoms with Crippen molar-refractivity contribution in [3.63, 3.8) is 0 Å². The quantitative estimate of drug-likeness (QED) is 0.833. The second-order valence-corrected chi connectivity index (χ2v) is 6.26. The number of aryl methyl sites for hydroxylation is 1. The van der Waals surface area contributed by atoms with Gasteiger partial charge in [0.2, 0.25) is 0 Å². The van der Waals surface area contributed by atoms with Gasteiger partial charge in [0.25, 0.3) is 0 Å². The number of benzene rings is 2. The maximum Gasteiger partial charge on any atom is 0.0204 e. The zero-order valence-electron chi connectivity index (χ0n) is 13.1. The topological polar surface area (TPSA) is 12.0 Å². The molecule has 110 valence electrons. The number of hydrogen-bond donors (Lipinski definition) is 1. The van der Waals surface area contributed by atoms with Crippen LogP contribution in [-0.2, 0) is 11.8 Å². The number of nitrogens with one attached hydrogen (secondary N) is 1. The van der Waals surface area contributed by atoms with E-state index in [1.807, 2.05) is 0 Å². The van der Waals surface area contributed by atoms with Crippen LogP contribution in [0.15, 0.2) is 54.6 Å². The molecule has 1 heteroatoms. The minimum Gasteiger partial charge on any atom is -0.313 e. The zero-order chi connectivity index (χ0) is 14.7. The third-order valence-corrected chi connectivity index (χ3v) is 4.94. The molecule has 0 aliphatic heterocycles. The molecular formula is C20H25N. The Morgan fingerprint density at radius 1 is 1.00 bits per heavy atom. The van der Waals surface area contributed by atoms with Crippen molar-refractivity contribution in [2.75, 3.05) is 6.54 Å². The molecule has 2 aromatic rings. The van der Waals surface area contributed by atoms with Gasteiger partial charge in [-0.2, -0.15) is 0 Å². The predicted octanol–water partition coefficient (Wildman–Crippen LogP) is 4.25. The Hall–Kier alpha value is -1.60. The molecule has 2 aromatic carbocycles. The van der Waals surface area contributed by atoms with Crippen molar-refractivity contribution in [2.24, 2.45) is 0 Å². The van der Waals surface area contributed by atoms with Gasteiger partial charge in [0.1, 0.15) is 0 Å². The van der Waals surface area contributed by atoms with Gasteiger partial charge in [-0.1, -0.05) is 61.5 Å². The van der Waals surface area contributed by atoms with Crippen LogP contribution in [0, 0.1) is 6.92 Å². The van der Waals surface area contributed by atoms with Crippen LogP contribution in [0.25, 0.3) is 0 Å². The summed E-state index contributed by atoms with van der Waals surface area (Å²) in [5.74, 6) is 0. The van der Waals surface area contributed by atoms with Crippen molar-refractivity contribution in [1.82, 2.24) is 5.32 Å². The van der Waals surface area contributed by atoms with Crippen LogP contribution in [0.2, 0.25) is 0 Å². The smallest absolute Gasteiger partial charge is 0.0204 e. The van der Waals surface area contributed by atoms with Crippen LogP contribution in [0.5, 0.6) is 0 Å². The Kier molecular flexibility index (Phi) is 4.12. The van der Waals surface area contributed by atoms with E-state index < -0.39 is 0 Å². The standard InChI is InChI=1S/C20H25N/c1-3-21-19(15-17-10-8-7-9-16(17)2)20(13-14-20)18-11-5-4-6-12-18/h4-12,19,21H,3,13-15H2,1-2H3. The molecule has 0 saturated heterocycles. The molecule has 0 amide bonds. The van der Waals surface area contributed by atoms with Crippen LogP contribution in [0.1, 0.15) is 36.5 Å². The molecule has 1 unspecified atom stereocenters. The lowest BCUT2D eigenvalue weighted by atomic mass is 9.83. The van der Waals surface area contributed by atoms with Gasteiger partial charge in [-0.05, 0) is 49.4 Å². The summed E-state index contributed by atoms with van der Waals surface area (Å²) in [4.78, 5) is 0. The molecule has 0 spiro atoms. The number of likely N-dealkylation sites (N-methyl/N-ethyl adjacent to an activating group) is 1. The molecule has 1 aliphatic carbocycles. The van der Waals surface area contributed by atoms with Gasteiger partial charge in [0.05, 0.1) is 0 Å². The first-order valence-electron chi connectivity index (χ1n) is 8.09. The van der Waals surface area contributed by atoms with Crippen molar-refractivity contribution in [2.45, 2.75) is 44.6 Å². The third-order valence-electron chi connectivity index (χ3n) is 4.94. The van der Waals surface area contributed by atoms with Gasteiger partial charge < -0.3 is 5.32 Å². The summed E-state index contributed by atoms with van der Waals surface area (Å²) >= 11 is 0. The van der Waals surface area contributed by atoms with Crippen LogP contribution in [0.3, 0.4) is 0 Å². The summed E-state index contributed by atoms with van der Waals surface area (Å²) in [5.41, 5.74) is 4.74. The summed E-state index contributed by atoms with van der Waals surface area (Å²) in [6, 6.07) is 20.4. The molecular weight excluding hydrogens is 254 g/mol. The molecule has 0 bridgehead atoms. The van der Waals surface area contributed by atoms with Crippen molar-refractivity contribution in [3.8, 4) is 0 Å². The van der Waals surface area contributed by atoms with E-state index in [1.54, 1.807) is 0 Å². The summed E-state index contributed by atoms with van der Waals surface area (Å²) in [6.07, 6.45) is 3.73. The average molecular weight is 279 g/mol. The summed E-state index contributed by atoms with van der Waals surface area (Å²) in [5, 5.41) is 3.76. The maximum atomic E-state index is 3.76. The van der Waals surface area contributed by atoms with Gasteiger partial charge in [0.15, 0.2) is 0 Å². The Labute approximate surface area is 128 Å². The van der Waals surface area contributed by atoms with E-state index in [2.05, 4.69) is 73.8 Å². The zero-order valence-corrected chi connectivity index (χ0v) is 13.1. The molecule has 3 rings (SSSR count). The molecule has 21 heavy (non-hydrogen) atoms. The summed E-state index contributed by atoms with van der Waals surface area (Å²) < 4.78 is 0. The van der Waals surface area contributed by atoms with Crippen LogP contribution < -0.4 is 5.32 Å². The number of rotatable bonds is 6. The van der Waals surface area contributed by atoms with Crippen LogP contribution >= 0.6 is 0 Å².